The van der Waals surface area contributed by atoms with Gasteiger partial charge in [-0.1, -0.05) is 70.9 Å². The van der Waals surface area contributed by atoms with Crippen molar-refractivity contribution >= 4 is 0 Å². The quantitative estimate of drug-likeness (QED) is 0.306. The Labute approximate surface area is 115 Å². The third-order valence-electron chi connectivity index (χ3n) is 4.70. The molecule has 0 N–H and O–H groups in total. The summed E-state index contributed by atoms with van der Waals surface area (Å²) in [5, 5.41) is 0. The van der Waals surface area contributed by atoms with E-state index >= 15 is 0 Å². The van der Waals surface area contributed by atoms with Gasteiger partial charge in [-0.05, 0) is 43.9 Å². The zero-order valence-corrected chi connectivity index (χ0v) is 13.0. The highest BCUT2D eigenvalue weighted by molar-refractivity contribution is 5.11. The number of unbranched alkanes of at least 4 members (excludes halogenated alkanes) is 2. The molecule has 0 bridgehead atoms. The van der Waals surface area contributed by atoms with Crippen molar-refractivity contribution in [3.63, 3.8) is 0 Å². The third kappa shape index (κ3) is 6.07. The molecule has 0 nitrogen and oxygen atoms in total. The monoisotopic (exact) mass is 250 g/mol. The van der Waals surface area contributed by atoms with Crippen LogP contribution in [0, 0.1) is 11.8 Å². The Morgan fingerprint density at radius 1 is 1.06 bits per heavy atom. The van der Waals surface area contributed by atoms with E-state index in [1.54, 1.807) is 0 Å². The zero-order chi connectivity index (χ0) is 13.2. The highest BCUT2D eigenvalue weighted by Crippen LogP contribution is 2.32. The van der Waals surface area contributed by atoms with Crippen molar-refractivity contribution < 1.29 is 0 Å². The largest absolute Gasteiger partial charge is 0.0850 e. The SMILES string of the molecule is CCCCCC(CCCC(C)CC)C1=CCCC1. The summed E-state index contributed by atoms with van der Waals surface area (Å²) < 4.78 is 0. The summed E-state index contributed by atoms with van der Waals surface area (Å²) in [5.74, 6) is 1.86. The van der Waals surface area contributed by atoms with Crippen LogP contribution in [0.1, 0.15) is 91.4 Å². The maximum atomic E-state index is 2.56. The van der Waals surface area contributed by atoms with E-state index in [1.807, 2.05) is 5.57 Å². The van der Waals surface area contributed by atoms with E-state index in [0.717, 1.165) is 11.8 Å². The molecule has 0 aromatic heterocycles. The number of allylic oxidation sites excluding steroid dienone is 2. The van der Waals surface area contributed by atoms with E-state index in [0.29, 0.717) is 0 Å². The molecular weight excluding hydrogens is 216 g/mol. The first-order valence-corrected chi connectivity index (χ1v) is 8.46. The van der Waals surface area contributed by atoms with Gasteiger partial charge in [0, 0.05) is 0 Å². The lowest BCUT2D eigenvalue weighted by molar-refractivity contribution is 0.417. The Morgan fingerprint density at radius 3 is 2.44 bits per heavy atom. The van der Waals surface area contributed by atoms with E-state index in [-0.39, 0.29) is 0 Å². The van der Waals surface area contributed by atoms with E-state index in [9.17, 15) is 0 Å². The molecule has 0 aromatic rings. The predicted octanol–water partition coefficient (Wildman–Crippen LogP) is 6.51. The van der Waals surface area contributed by atoms with Crippen molar-refractivity contribution in [3.05, 3.63) is 11.6 Å². The first-order chi connectivity index (χ1) is 8.77. The molecule has 0 aromatic carbocycles. The van der Waals surface area contributed by atoms with Crippen molar-refractivity contribution in [2.45, 2.75) is 91.4 Å². The lowest BCUT2D eigenvalue weighted by atomic mass is 9.86. The Bertz CT molecular complexity index is 226. The summed E-state index contributed by atoms with van der Waals surface area (Å²) >= 11 is 0. The lowest BCUT2D eigenvalue weighted by Crippen LogP contribution is -2.05. The Kier molecular flexibility index (Phi) is 8.46. The number of hydrogen-bond donors (Lipinski definition) is 0. The van der Waals surface area contributed by atoms with Crippen molar-refractivity contribution in [1.82, 2.24) is 0 Å². The van der Waals surface area contributed by atoms with E-state index in [2.05, 4.69) is 26.8 Å². The molecule has 0 amide bonds. The highest BCUT2D eigenvalue weighted by Gasteiger charge is 2.16. The standard InChI is InChI=1S/C18H34/c1-4-6-7-12-18(17-13-8-9-14-17)15-10-11-16(3)5-2/h13,16,18H,4-12,14-15H2,1-3H3. The molecule has 0 saturated carbocycles. The fraction of sp³-hybridized carbons (Fsp3) is 0.889. The topological polar surface area (TPSA) is 0 Å². The van der Waals surface area contributed by atoms with Crippen LogP contribution in [0.25, 0.3) is 0 Å². The van der Waals surface area contributed by atoms with Gasteiger partial charge in [-0.25, -0.2) is 0 Å². The van der Waals surface area contributed by atoms with E-state index < -0.39 is 0 Å². The van der Waals surface area contributed by atoms with Crippen LogP contribution < -0.4 is 0 Å². The van der Waals surface area contributed by atoms with Gasteiger partial charge < -0.3 is 0 Å². The van der Waals surface area contributed by atoms with Crippen molar-refractivity contribution in [2.24, 2.45) is 11.8 Å². The van der Waals surface area contributed by atoms with Crippen molar-refractivity contribution in [1.29, 1.82) is 0 Å². The molecule has 0 heterocycles. The molecule has 2 unspecified atom stereocenters. The van der Waals surface area contributed by atoms with E-state index in [4.69, 9.17) is 0 Å². The van der Waals surface area contributed by atoms with Gasteiger partial charge in [-0.3, -0.25) is 0 Å². The lowest BCUT2D eigenvalue weighted by Gasteiger charge is -2.19. The van der Waals surface area contributed by atoms with E-state index in [1.165, 1.54) is 70.6 Å². The molecule has 0 aliphatic heterocycles. The van der Waals surface area contributed by atoms with Crippen LogP contribution in [-0.4, -0.2) is 0 Å². The molecule has 1 aliphatic rings. The molecule has 0 spiro atoms. The summed E-state index contributed by atoms with van der Waals surface area (Å²) in [4.78, 5) is 0. The maximum absolute atomic E-state index is 2.56. The number of rotatable bonds is 10. The van der Waals surface area contributed by atoms with Gasteiger partial charge in [0.15, 0.2) is 0 Å². The van der Waals surface area contributed by atoms with Crippen LogP contribution >= 0.6 is 0 Å². The van der Waals surface area contributed by atoms with Gasteiger partial charge in [-0.15, -0.1) is 0 Å². The normalized spacial score (nSPS) is 18.7. The first-order valence-electron chi connectivity index (χ1n) is 8.46. The second-order valence-corrected chi connectivity index (χ2v) is 6.31. The van der Waals surface area contributed by atoms with Crippen molar-refractivity contribution in [2.75, 3.05) is 0 Å². The molecule has 106 valence electrons. The van der Waals surface area contributed by atoms with Gasteiger partial charge in [0.25, 0.3) is 0 Å². The Hall–Kier alpha value is -0.260. The summed E-state index contributed by atoms with van der Waals surface area (Å²) in [7, 11) is 0. The van der Waals surface area contributed by atoms with Gasteiger partial charge >= 0.3 is 0 Å². The molecule has 18 heavy (non-hydrogen) atoms. The second-order valence-electron chi connectivity index (χ2n) is 6.31. The fourth-order valence-electron chi connectivity index (χ4n) is 3.14. The summed E-state index contributed by atoms with van der Waals surface area (Å²) in [5.41, 5.74) is 1.82. The molecule has 0 saturated heterocycles. The van der Waals surface area contributed by atoms with Crippen LogP contribution in [0.4, 0.5) is 0 Å². The average Bonchev–Trinajstić information content (AvgIpc) is 2.90. The maximum Gasteiger partial charge on any atom is -0.0203 e. The first kappa shape index (κ1) is 15.8. The molecule has 1 rings (SSSR count). The Balaban J connectivity index is 2.29. The molecule has 0 radical (unpaired) electrons. The number of hydrogen-bond acceptors (Lipinski definition) is 0. The average molecular weight is 250 g/mol. The molecule has 1 aliphatic carbocycles. The van der Waals surface area contributed by atoms with Crippen LogP contribution in [-0.2, 0) is 0 Å². The second kappa shape index (κ2) is 9.64. The smallest absolute Gasteiger partial charge is 0.0203 e. The molecule has 0 fully saturated rings. The predicted molar refractivity (Wildman–Crippen MR) is 82.9 cm³/mol. The van der Waals surface area contributed by atoms with Crippen LogP contribution in [0.3, 0.4) is 0 Å². The van der Waals surface area contributed by atoms with Gasteiger partial charge in [-0.2, -0.15) is 0 Å². The van der Waals surface area contributed by atoms with Gasteiger partial charge in [0.2, 0.25) is 0 Å². The fourth-order valence-corrected chi connectivity index (χ4v) is 3.14. The van der Waals surface area contributed by atoms with Gasteiger partial charge in [0.1, 0.15) is 0 Å². The summed E-state index contributed by atoms with van der Waals surface area (Å²) in [6.45, 7) is 7.04. The minimum atomic E-state index is 0.929. The summed E-state index contributed by atoms with van der Waals surface area (Å²) in [6.07, 6.45) is 18.1. The minimum Gasteiger partial charge on any atom is -0.0850 e. The van der Waals surface area contributed by atoms with Crippen LogP contribution in [0.15, 0.2) is 11.6 Å². The zero-order valence-electron chi connectivity index (χ0n) is 13.0. The van der Waals surface area contributed by atoms with Crippen molar-refractivity contribution in [3.8, 4) is 0 Å². The summed E-state index contributed by atoms with van der Waals surface area (Å²) in [6, 6.07) is 0. The molecule has 2 atom stereocenters. The highest BCUT2D eigenvalue weighted by atomic mass is 14.2. The molecule has 0 heteroatoms. The third-order valence-corrected chi connectivity index (χ3v) is 4.70. The Morgan fingerprint density at radius 2 is 1.83 bits per heavy atom. The van der Waals surface area contributed by atoms with Crippen LogP contribution in [0.2, 0.25) is 0 Å². The minimum absolute atomic E-state index is 0.929. The van der Waals surface area contributed by atoms with Gasteiger partial charge in [0.05, 0.1) is 0 Å². The molecular formula is C18H34. The van der Waals surface area contributed by atoms with Crippen LogP contribution in [0.5, 0.6) is 0 Å².